The Morgan fingerprint density at radius 3 is 2.05 bits per heavy atom. The van der Waals surface area contributed by atoms with Gasteiger partial charge in [-0.05, 0) is 45.2 Å². The summed E-state index contributed by atoms with van der Waals surface area (Å²) in [4.78, 5) is 23.5. The summed E-state index contributed by atoms with van der Waals surface area (Å²) < 4.78 is 0. The molecule has 1 amide bonds. The molecule has 0 aliphatic heterocycles. The number of hydrogen-bond acceptors (Lipinski definition) is 2. The maximum absolute atomic E-state index is 12.4. The van der Waals surface area contributed by atoms with Gasteiger partial charge < -0.3 is 10.4 Å². The highest BCUT2D eigenvalue weighted by Gasteiger charge is 2.33. The molecule has 116 valence electrons. The first kappa shape index (κ1) is 17.2. The number of hydrogen-bond donors (Lipinski definition) is 2. The van der Waals surface area contributed by atoms with Gasteiger partial charge in [-0.15, -0.1) is 0 Å². The fourth-order valence-corrected chi connectivity index (χ4v) is 1.89. The van der Waals surface area contributed by atoms with Crippen LogP contribution in [-0.4, -0.2) is 23.5 Å². The van der Waals surface area contributed by atoms with Crippen molar-refractivity contribution in [3.63, 3.8) is 0 Å². The van der Waals surface area contributed by atoms with E-state index in [2.05, 4.69) is 12.2 Å². The van der Waals surface area contributed by atoms with E-state index in [9.17, 15) is 9.59 Å². The molecule has 0 aliphatic rings. The molecule has 0 radical (unpaired) electrons. The zero-order valence-electron chi connectivity index (χ0n) is 13.5. The third kappa shape index (κ3) is 4.06. The maximum Gasteiger partial charge on any atom is 0.310 e. The minimum atomic E-state index is -0.974. The van der Waals surface area contributed by atoms with E-state index in [4.69, 9.17) is 5.11 Å². The molecule has 0 saturated carbocycles. The summed E-state index contributed by atoms with van der Waals surface area (Å²) >= 11 is 0. The number of rotatable bonds is 6. The van der Waals surface area contributed by atoms with E-state index in [1.165, 1.54) is 5.56 Å². The van der Waals surface area contributed by atoms with Gasteiger partial charge in [0.15, 0.2) is 0 Å². The Balaban J connectivity index is 2.81. The SMILES string of the molecule is CCc1ccc(C(C)(C)C(=O)NCC(C)(C)C(=O)O)cc1. The molecule has 0 fully saturated rings. The third-order valence-corrected chi connectivity index (χ3v) is 3.92. The highest BCUT2D eigenvalue weighted by atomic mass is 16.4. The number of aryl methyl sites for hydroxylation is 1. The van der Waals surface area contributed by atoms with Crippen molar-refractivity contribution in [3.05, 3.63) is 35.4 Å². The maximum atomic E-state index is 12.4. The van der Waals surface area contributed by atoms with Crippen molar-refractivity contribution in [3.8, 4) is 0 Å². The Morgan fingerprint density at radius 1 is 1.10 bits per heavy atom. The minimum absolute atomic E-state index is 0.109. The van der Waals surface area contributed by atoms with E-state index in [1.807, 2.05) is 38.1 Å². The van der Waals surface area contributed by atoms with Crippen LogP contribution < -0.4 is 5.32 Å². The van der Waals surface area contributed by atoms with E-state index < -0.39 is 16.8 Å². The molecular formula is C17H25NO3. The highest BCUT2D eigenvalue weighted by Crippen LogP contribution is 2.24. The molecule has 0 aromatic heterocycles. The number of benzene rings is 1. The van der Waals surface area contributed by atoms with Gasteiger partial charge in [0.1, 0.15) is 0 Å². The predicted molar refractivity (Wildman–Crippen MR) is 83.3 cm³/mol. The lowest BCUT2D eigenvalue weighted by Crippen LogP contribution is -2.45. The first-order chi connectivity index (χ1) is 9.61. The number of nitrogens with one attached hydrogen (secondary N) is 1. The Morgan fingerprint density at radius 2 is 1.62 bits per heavy atom. The number of carbonyl (C=O) groups excluding carboxylic acids is 1. The number of carbonyl (C=O) groups is 2. The second-order valence-electron chi connectivity index (χ2n) is 6.55. The molecular weight excluding hydrogens is 266 g/mol. The van der Waals surface area contributed by atoms with Crippen molar-refractivity contribution in [2.45, 2.75) is 46.5 Å². The van der Waals surface area contributed by atoms with Gasteiger partial charge in [0.2, 0.25) is 5.91 Å². The smallest absolute Gasteiger partial charge is 0.310 e. The van der Waals surface area contributed by atoms with Crippen LogP contribution in [0.5, 0.6) is 0 Å². The van der Waals surface area contributed by atoms with Gasteiger partial charge in [0.25, 0.3) is 0 Å². The van der Waals surface area contributed by atoms with Crippen LogP contribution in [0.2, 0.25) is 0 Å². The van der Waals surface area contributed by atoms with Crippen LogP contribution >= 0.6 is 0 Å². The Hall–Kier alpha value is -1.84. The van der Waals surface area contributed by atoms with Gasteiger partial charge in [-0.2, -0.15) is 0 Å². The quantitative estimate of drug-likeness (QED) is 0.847. The van der Waals surface area contributed by atoms with Crippen LogP contribution in [0.1, 0.15) is 45.7 Å². The Labute approximate surface area is 126 Å². The first-order valence-electron chi connectivity index (χ1n) is 7.22. The van der Waals surface area contributed by atoms with Gasteiger partial charge in [0.05, 0.1) is 10.8 Å². The summed E-state index contributed by atoms with van der Waals surface area (Å²) in [5.74, 6) is -1.09. The molecule has 21 heavy (non-hydrogen) atoms. The number of carboxylic acid groups (broad SMARTS) is 1. The van der Waals surface area contributed by atoms with Crippen LogP contribution in [0.15, 0.2) is 24.3 Å². The average Bonchev–Trinajstić information content (AvgIpc) is 2.44. The van der Waals surface area contributed by atoms with E-state index in [0.29, 0.717) is 0 Å². The van der Waals surface area contributed by atoms with Crippen LogP contribution in [0.25, 0.3) is 0 Å². The summed E-state index contributed by atoms with van der Waals surface area (Å²) in [7, 11) is 0. The summed E-state index contributed by atoms with van der Waals surface area (Å²) in [5.41, 5.74) is 0.478. The molecule has 4 heteroatoms. The van der Waals surface area contributed by atoms with Gasteiger partial charge in [-0.25, -0.2) is 0 Å². The van der Waals surface area contributed by atoms with E-state index in [-0.39, 0.29) is 12.5 Å². The molecule has 0 atom stereocenters. The lowest BCUT2D eigenvalue weighted by Gasteiger charge is -2.27. The zero-order chi connectivity index (χ0) is 16.3. The van der Waals surface area contributed by atoms with Crippen LogP contribution in [0, 0.1) is 5.41 Å². The lowest BCUT2D eigenvalue weighted by atomic mass is 9.82. The fraction of sp³-hybridized carbons (Fsp3) is 0.529. The van der Waals surface area contributed by atoms with Gasteiger partial charge >= 0.3 is 5.97 Å². The zero-order valence-corrected chi connectivity index (χ0v) is 13.5. The summed E-state index contributed by atoms with van der Waals surface area (Å²) in [6, 6.07) is 7.96. The molecule has 1 aromatic carbocycles. The fourth-order valence-electron chi connectivity index (χ4n) is 1.89. The molecule has 0 heterocycles. The molecule has 4 nitrogen and oxygen atoms in total. The molecule has 0 bridgehead atoms. The molecule has 1 rings (SSSR count). The predicted octanol–water partition coefficient (Wildman–Crippen LogP) is 2.75. The number of carboxylic acids is 1. The van der Waals surface area contributed by atoms with E-state index in [1.54, 1.807) is 13.8 Å². The van der Waals surface area contributed by atoms with Crippen molar-refractivity contribution < 1.29 is 14.7 Å². The van der Waals surface area contributed by atoms with Gasteiger partial charge in [-0.3, -0.25) is 9.59 Å². The van der Waals surface area contributed by atoms with E-state index >= 15 is 0 Å². The Bertz CT molecular complexity index is 515. The third-order valence-electron chi connectivity index (χ3n) is 3.92. The van der Waals surface area contributed by atoms with E-state index in [0.717, 1.165) is 12.0 Å². The average molecular weight is 291 g/mol. The second kappa shape index (κ2) is 6.29. The second-order valence-corrected chi connectivity index (χ2v) is 6.55. The molecule has 0 aliphatic carbocycles. The van der Waals surface area contributed by atoms with Crippen LogP contribution in [0.4, 0.5) is 0 Å². The largest absolute Gasteiger partial charge is 0.481 e. The van der Waals surface area contributed by atoms with Crippen molar-refractivity contribution in [2.75, 3.05) is 6.54 Å². The lowest BCUT2D eigenvalue weighted by molar-refractivity contribution is -0.146. The molecule has 0 spiro atoms. The molecule has 0 saturated heterocycles. The van der Waals surface area contributed by atoms with Crippen LogP contribution in [-0.2, 0) is 21.4 Å². The van der Waals surface area contributed by atoms with Crippen molar-refractivity contribution in [1.29, 1.82) is 0 Å². The molecule has 2 N–H and O–H groups in total. The topological polar surface area (TPSA) is 66.4 Å². The summed E-state index contributed by atoms with van der Waals surface area (Å²) in [5, 5.41) is 11.8. The monoisotopic (exact) mass is 291 g/mol. The Kier molecular flexibility index (Phi) is 5.15. The number of aliphatic carboxylic acids is 1. The first-order valence-corrected chi connectivity index (χ1v) is 7.22. The van der Waals surface area contributed by atoms with Crippen LogP contribution in [0.3, 0.4) is 0 Å². The standard InChI is InChI=1S/C17H25NO3/c1-6-12-7-9-13(10-8-12)17(4,5)14(19)18-11-16(2,3)15(20)21/h7-10H,6,11H2,1-5H3,(H,18,19)(H,20,21). The van der Waals surface area contributed by atoms with Crippen molar-refractivity contribution >= 4 is 11.9 Å². The molecule has 1 aromatic rings. The van der Waals surface area contributed by atoms with Crippen molar-refractivity contribution in [2.24, 2.45) is 5.41 Å². The summed E-state index contributed by atoms with van der Waals surface area (Å²) in [6.45, 7) is 9.07. The minimum Gasteiger partial charge on any atom is -0.481 e. The molecule has 0 unspecified atom stereocenters. The normalized spacial score (nSPS) is 12.0. The summed E-state index contributed by atoms with van der Waals surface area (Å²) in [6.07, 6.45) is 0.958. The van der Waals surface area contributed by atoms with Gasteiger partial charge in [-0.1, -0.05) is 31.2 Å². The number of amides is 1. The van der Waals surface area contributed by atoms with Crippen molar-refractivity contribution in [1.82, 2.24) is 5.32 Å². The van der Waals surface area contributed by atoms with Gasteiger partial charge in [0, 0.05) is 6.54 Å². The highest BCUT2D eigenvalue weighted by molar-refractivity contribution is 5.88.